The summed E-state index contributed by atoms with van der Waals surface area (Å²) >= 11 is 0. The summed E-state index contributed by atoms with van der Waals surface area (Å²) in [5.74, 6) is 1.64. The van der Waals surface area contributed by atoms with Crippen LogP contribution in [0.15, 0.2) is 55.2 Å². The molecule has 0 radical (unpaired) electrons. The fraction of sp³-hybridized carbons (Fsp3) is 0.350. The van der Waals surface area contributed by atoms with Gasteiger partial charge in [0.1, 0.15) is 5.82 Å². The summed E-state index contributed by atoms with van der Waals surface area (Å²) < 4.78 is 2.28. The summed E-state index contributed by atoms with van der Waals surface area (Å²) in [7, 11) is 0. The molecule has 4 rings (SSSR count). The van der Waals surface area contributed by atoms with Gasteiger partial charge in [0.05, 0.1) is 0 Å². The Labute approximate surface area is 148 Å². The topological polar surface area (TPSA) is 46.8 Å². The lowest BCUT2D eigenvalue weighted by molar-refractivity contribution is 0.476. The normalized spacial score (nSPS) is 17.6. The molecule has 0 unspecified atom stereocenters. The van der Waals surface area contributed by atoms with Crippen LogP contribution in [0.25, 0.3) is 0 Å². The molecule has 1 atom stereocenters. The Morgan fingerprint density at radius 2 is 1.96 bits per heavy atom. The van der Waals surface area contributed by atoms with E-state index in [0.717, 1.165) is 25.3 Å². The van der Waals surface area contributed by atoms with Gasteiger partial charge in [-0.25, -0.2) is 4.98 Å². The van der Waals surface area contributed by atoms with Crippen molar-refractivity contribution in [3.05, 3.63) is 72.3 Å². The molecule has 128 valence electrons. The lowest BCUT2D eigenvalue weighted by Gasteiger charge is -2.34. The molecule has 1 fully saturated rings. The van der Waals surface area contributed by atoms with Crippen LogP contribution in [-0.4, -0.2) is 32.6 Å². The standard InChI is InChI=1S/C20H23N5/c1-16-13-19(6-9-22-16)24-11-2-3-18(15-24)20-23-10-12-25(20)14-17-4-7-21-8-5-17/h4-10,12-13,18H,2-3,11,14-15H2,1H3/t18-/m0/s1. The summed E-state index contributed by atoms with van der Waals surface area (Å²) in [6.45, 7) is 5.01. The number of hydrogen-bond acceptors (Lipinski definition) is 4. The number of nitrogens with zero attached hydrogens (tertiary/aromatic N) is 5. The highest BCUT2D eigenvalue weighted by Crippen LogP contribution is 2.29. The maximum atomic E-state index is 4.69. The minimum atomic E-state index is 0.457. The van der Waals surface area contributed by atoms with E-state index in [1.54, 1.807) is 0 Å². The van der Waals surface area contributed by atoms with Gasteiger partial charge >= 0.3 is 0 Å². The SMILES string of the molecule is Cc1cc(N2CCC[C@H](c3nccn3Cc3ccncc3)C2)ccn1. The number of aromatic nitrogens is 4. The third kappa shape index (κ3) is 3.55. The second-order valence-corrected chi connectivity index (χ2v) is 6.71. The van der Waals surface area contributed by atoms with Gasteiger partial charge < -0.3 is 9.47 Å². The smallest absolute Gasteiger partial charge is 0.113 e. The molecular weight excluding hydrogens is 310 g/mol. The molecule has 0 N–H and O–H groups in total. The summed E-state index contributed by atoms with van der Waals surface area (Å²) in [6.07, 6.45) is 12.0. The first kappa shape index (κ1) is 15.8. The molecule has 1 aliphatic heterocycles. The largest absolute Gasteiger partial charge is 0.371 e. The Morgan fingerprint density at radius 3 is 2.80 bits per heavy atom. The van der Waals surface area contributed by atoms with Crippen molar-refractivity contribution in [1.82, 2.24) is 19.5 Å². The fourth-order valence-corrected chi connectivity index (χ4v) is 3.65. The highest BCUT2D eigenvalue weighted by Gasteiger charge is 2.25. The maximum absolute atomic E-state index is 4.69. The van der Waals surface area contributed by atoms with Crippen molar-refractivity contribution in [3.63, 3.8) is 0 Å². The van der Waals surface area contributed by atoms with Crippen molar-refractivity contribution >= 4 is 5.69 Å². The van der Waals surface area contributed by atoms with Gasteiger partial charge in [-0.3, -0.25) is 9.97 Å². The summed E-state index contributed by atoms with van der Waals surface area (Å²) in [4.78, 5) is 15.6. The molecule has 3 aromatic heterocycles. The Kier molecular flexibility index (Phi) is 4.46. The Bertz CT molecular complexity index is 827. The van der Waals surface area contributed by atoms with Crippen molar-refractivity contribution in [3.8, 4) is 0 Å². The van der Waals surface area contributed by atoms with Gasteiger partial charge in [0.2, 0.25) is 0 Å². The van der Waals surface area contributed by atoms with E-state index in [4.69, 9.17) is 4.98 Å². The fourth-order valence-electron chi connectivity index (χ4n) is 3.65. The number of rotatable bonds is 4. The van der Waals surface area contributed by atoms with Gasteiger partial charge in [-0.15, -0.1) is 0 Å². The molecule has 4 heterocycles. The minimum absolute atomic E-state index is 0.457. The second kappa shape index (κ2) is 7.05. The zero-order valence-electron chi connectivity index (χ0n) is 14.5. The van der Waals surface area contributed by atoms with Gasteiger partial charge in [0, 0.05) is 67.9 Å². The molecule has 0 spiro atoms. The molecule has 25 heavy (non-hydrogen) atoms. The average molecular weight is 333 g/mol. The van der Waals surface area contributed by atoms with Crippen LogP contribution < -0.4 is 4.90 Å². The van der Waals surface area contributed by atoms with Crippen LogP contribution >= 0.6 is 0 Å². The van der Waals surface area contributed by atoms with Crippen molar-refractivity contribution < 1.29 is 0 Å². The zero-order valence-corrected chi connectivity index (χ0v) is 14.5. The third-order valence-corrected chi connectivity index (χ3v) is 4.88. The quantitative estimate of drug-likeness (QED) is 0.734. The van der Waals surface area contributed by atoms with Gasteiger partial charge in [0.15, 0.2) is 0 Å². The second-order valence-electron chi connectivity index (χ2n) is 6.71. The highest BCUT2D eigenvalue weighted by atomic mass is 15.2. The van der Waals surface area contributed by atoms with Crippen molar-refractivity contribution in [2.24, 2.45) is 0 Å². The molecule has 0 saturated carbocycles. The average Bonchev–Trinajstić information content (AvgIpc) is 3.11. The van der Waals surface area contributed by atoms with Crippen LogP contribution in [-0.2, 0) is 6.54 Å². The van der Waals surface area contributed by atoms with Gasteiger partial charge in [-0.05, 0) is 49.6 Å². The number of imidazole rings is 1. The van der Waals surface area contributed by atoms with E-state index < -0.39 is 0 Å². The van der Waals surface area contributed by atoms with Gasteiger partial charge in [-0.2, -0.15) is 0 Å². The third-order valence-electron chi connectivity index (χ3n) is 4.88. The van der Waals surface area contributed by atoms with Crippen molar-refractivity contribution in [2.45, 2.75) is 32.2 Å². The highest BCUT2D eigenvalue weighted by molar-refractivity contribution is 5.47. The van der Waals surface area contributed by atoms with E-state index in [1.807, 2.05) is 31.7 Å². The predicted octanol–water partition coefficient (Wildman–Crippen LogP) is 3.41. The van der Waals surface area contributed by atoms with Gasteiger partial charge in [-0.1, -0.05) is 0 Å². The molecule has 3 aromatic rings. The molecular formula is C20H23N5. The molecule has 1 saturated heterocycles. The van der Waals surface area contributed by atoms with Gasteiger partial charge in [0.25, 0.3) is 0 Å². The van der Waals surface area contributed by atoms with Crippen LogP contribution in [0, 0.1) is 6.92 Å². The number of aryl methyl sites for hydroxylation is 1. The van der Waals surface area contributed by atoms with E-state index in [-0.39, 0.29) is 0 Å². The lowest BCUT2D eigenvalue weighted by Crippen LogP contribution is -2.35. The molecule has 0 aliphatic carbocycles. The maximum Gasteiger partial charge on any atom is 0.113 e. The molecule has 5 heteroatoms. The summed E-state index contributed by atoms with van der Waals surface area (Å²) in [5.41, 5.74) is 3.59. The Hall–Kier alpha value is -2.69. The van der Waals surface area contributed by atoms with Crippen LogP contribution in [0.4, 0.5) is 5.69 Å². The first-order valence-corrected chi connectivity index (χ1v) is 8.87. The first-order chi connectivity index (χ1) is 12.3. The van der Waals surface area contributed by atoms with Crippen LogP contribution in [0.5, 0.6) is 0 Å². The van der Waals surface area contributed by atoms with E-state index in [0.29, 0.717) is 5.92 Å². The molecule has 1 aliphatic rings. The molecule has 0 bridgehead atoms. The Balaban J connectivity index is 1.53. The first-order valence-electron chi connectivity index (χ1n) is 8.87. The van der Waals surface area contributed by atoms with E-state index >= 15 is 0 Å². The number of hydrogen-bond donors (Lipinski definition) is 0. The number of pyridine rings is 2. The molecule has 5 nitrogen and oxygen atoms in total. The monoisotopic (exact) mass is 333 g/mol. The Morgan fingerprint density at radius 1 is 1.08 bits per heavy atom. The van der Waals surface area contributed by atoms with E-state index in [1.165, 1.54) is 29.9 Å². The molecule has 0 aromatic carbocycles. The van der Waals surface area contributed by atoms with Crippen molar-refractivity contribution in [1.29, 1.82) is 0 Å². The van der Waals surface area contributed by atoms with Crippen LogP contribution in [0.1, 0.15) is 35.8 Å². The zero-order chi connectivity index (χ0) is 17.1. The predicted molar refractivity (Wildman–Crippen MR) is 98.7 cm³/mol. The summed E-state index contributed by atoms with van der Waals surface area (Å²) in [5, 5.41) is 0. The lowest BCUT2D eigenvalue weighted by atomic mass is 9.96. The van der Waals surface area contributed by atoms with Crippen LogP contribution in [0.2, 0.25) is 0 Å². The van der Waals surface area contributed by atoms with Crippen molar-refractivity contribution in [2.75, 3.05) is 18.0 Å². The van der Waals surface area contributed by atoms with Crippen LogP contribution in [0.3, 0.4) is 0 Å². The number of piperidine rings is 1. The minimum Gasteiger partial charge on any atom is -0.371 e. The number of anilines is 1. The summed E-state index contributed by atoms with van der Waals surface area (Å²) in [6, 6.07) is 8.41. The van der Waals surface area contributed by atoms with E-state index in [9.17, 15) is 0 Å². The van der Waals surface area contributed by atoms with E-state index in [2.05, 4.69) is 49.9 Å². The molecule has 0 amide bonds.